The highest BCUT2D eigenvalue weighted by atomic mass is 16.6. The number of alkyl carbamates (subject to hydrolysis) is 1. The number of nitrogens with zero attached hydrogens (tertiary/aromatic N) is 3. The summed E-state index contributed by atoms with van der Waals surface area (Å²) in [6, 6.07) is 21.0. The number of carbonyl (C=O) groups is 4. The van der Waals surface area contributed by atoms with Gasteiger partial charge in [-0.05, 0) is 82.9 Å². The summed E-state index contributed by atoms with van der Waals surface area (Å²) in [6.07, 6.45) is 1.64. The van der Waals surface area contributed by atoms with Gasteiger partial charge in [0, 0.05) is 32.2 Å². The monoisotopic (exact) mass is 641 g/mol. The summed E-state index contributed by atoms with van der Waals surface area (Å²) >= 11 is 0. The second-order valence-electron chi connectivity index (χ2n) is 12.6. The molecule has 11 nitrogen and oxygen atoms in total. The Morgan fingerprint density at radius 1 is 0.915 bits per heavy atom. The highest BCUT2D eigenvalue weighted by molar-refractivity contribution is 6.08. The van der Waals surface area contributed by atoms with Crippen LogP contribution in [0.25, 0.3) is 11.0 Å². The van der Waals surface area contributed by atoms with Crippen molar-refractivity contribution in [2.45, 2.75) is 71.8 Å². The Balaban J connectivity index is 1.48. The van der Waals surface area contributed by atoms with Crippen LogP contribution in [0.5, 0.6) is 0 Å². The standard InChI is InChI=1S/C36H43N5O6/c1-24(37-35(45)46-23-25-15-8-7-9-16-25)14-10-11-21-41-30-28(32(43)40(5)6)19-13-20-29(30)38-34(41)39-31(42)26-17-12-18-27(22-26)33(44)47-36(2,3)4/h7-9,12-13,15-20,22,24H,10-11,14,21,23H2,1-6H3,(H,37,45)(H,38,39,42). The molecule has 1 atom stereocenters. The highest BCUT2D eigenvalue weighted by Crippen LogP contribution is 2.26. The molecule has 0 aliphatic rings. The first kappa shape index (κ1) is 34.7. The maximum Gasteiger partial charge on any atom is 0.407 e. The topological polar surface area (TPSA) is 132 Å². The fourth-order valence-corrected chi connectivity index (χ4v) is 4.97. The summed E-state index contributed by atoms with van der Waals surface area (Å²) in [5.41, 5.74) is 2.38. The van der Waals surface area contributed by atoms with Gasteiger partial charge in [0.15, 0.2) is 0 Å². The van der Waals surface area contributed by atoms with Crippen molar-refractivity contribution < 1.29 is 28.7 Å². The van der Waals surface area contributed by atoms with Crippen LogP contribution in [-0.4, -0.2) is 64.1 Å². The Kier molecular flexibility index (Phi) is 11.4. The normalized spacial score (nSPS) is 11.9. The van der Waals surface area contributed by atoms with Gasteiger partial charge in [0.25, 0.3) is 11.8 Å². The molecule has 1 unspecified atom stereocenters. The molecule has 0 aliphatic heterocycles. The van der Waals surface area contributed by atoms with Crippen LogP contribution in [0, 0.1) is 0 Å². The van der Waals surface area contributed by atoms with E-state index in [-0.39, 0.29) is 35.6 Å². The number of nitrogens with one attached hydrogen (secondary N) is 2. The molecule has 0 saturated heterocycles. The van der Waals surface area contributed by atoms with Crippen LogP contribution < -0.4 is 10.6 Å². The van der Waals surface area contributed by atoms with E-state index >= 15 is 0 Å². The maximum absolute atomic E-state index is 13.5. The lowest BCUT2D eigenvalue weighted by molar-refractivity contribution is 0.00692. The molecule has 0 aliphatic carbocycles. The van der Waals surface area contributed by atoms with Crippen molar-refractivity contribution in [2.24, 2.45) is 0 Å². The number of rotatable bonds is 12. The number of carbonyl (C=O) groups excluding carboxylic acids is 4. The number of fused-ring (bicyclic) bond motifs is 1. The first-order valence-electron chi connectivity index (χ1n) is 15.7. The van der Waals surface area contributed by atoms with E-state index in [0.717, 1.165) is 12.0 Å². The van der Waals surface area contributed by atoms with E-state index in [1.807, 2.05) is 41.8 Å². The molecule has 0 radical (unpaired) electrons. The van der Waals surface area contributed by atoms with Crippen LogP contribution in [0.15, 0.2) is 72.8 Å². The van der Waals surface area contributed by atoms with Crippen molar-refractivity contribution >= 4 is 40.9 Å². The summed E-state index contributed by atoms with van der Waals surface area (Å²) in [4.78, 5) is 57.7. The van der Waals surface area contributed by atoms with E-state index in [1.54, 1.807) is 71.3 Å². The van der Waals surface area contributed by atoms with Gasteiger partial charge in [-0.1, -0.05) is 42.5 Å². The molecule has 47 heavy (non-hydrogen) atoms. The molecule has 11 heteroatoms. The summed E-state index contributed by atoms with van der Waals surface area (Å²) < 4.78 is 12.6. The van der Waals surface area contributed by atoms with E-state index in [2.05, 4.69) is 15.6 Å². The molecule has 0 bridgehead atoms. The molecule has 1 heterocycles. The van der Waals surface area contributed by atoms with E-state index in [4.69, 9.17) is 9.47 Å². The Bertz CT molecular complexity index is 1720. The molecular weight excluding hydrogens is 598 g/mol. The van der Waals surface area contributed by atoms with Gasteiger partial charge >= 0.3 is 12.1 Å². The zero-order valence-corrected chi connectivity index (χ0v) is 27.8. The van der Waals surface area contributed by atoms with Gasteiger partial charge in [-0.15, -0.1) is 0 Å². The number of esters is 1. The molecule has 0 fully saturated rings. The Labute approximate surface area is 275 Å². The van der Waals surface area contributed by atoms with E-state index in [1.165, 1.54) is 11.0 Å². The number of aryl methyl sites for hydroxylation is 1. The number of amides is 3. The van der Waals surface area contributed by atoms with Gasteiger partial charge in [0.2, 0.25) is 5.95 Å². The molecule has 4 rings (SSSR count). The molecule has 4 aromatic rings. The molecule has 2 N–H and O–H groups in total. The number of unbranched alkanes of at least 4 members (excludes halogenated alkanes) is 1. The number of anilines is 1. The minimum absolute atomic E-state index is 0.125. The predicted molar refractivity (Wildman–Crippen MR) is 180 cm³/mol. The van der Waals surface area contributed by atoms with Crippen molar-refractivity contribution in [2.75, 3.05) is 19.4 Å². The van der Waals surface area contributed by atoms with E-state index in [9.17, 15) is 19.2 Å². The van der Waals surface area contributed by atoms with Crippen molar-refractivity contribution in [3.63, 3.8) is 0 Å². The number of benzene rings is 3. The fourth-order valence-electron chi connectivity index (χ4n) is 4.97. The summed E-state index contributed by atoms with van der Waals surface area (Å²) in [5, 5.41) is 5.76. The quantitative estimate of drug-likeness (QED) is 0.135. The Hall–Kier alpha value is -5.19. The smallest absolute Gasteiger partial charge is 0.407 e. The number of aromatic nitrogens is 2. The molecule has 0 spiro atoms. The molecule has 248 valence electrons. The third-order valence-electron chi connectivity index (χ3n) is 7.23. The highest BCUT2D eigenvalue weighted by Gasteiger charge is 2.22. The number of hydrogen-bond donors (Lipinski definition) is 2. The molecule has 3 aromatic carbocycles. The SMILES string of the molecule is CC(CCCCn1c(NC(=O)c2cccc(C(=O)OC(C)(C)C)c2)nc2cccc(C(=O)N(C)C)c21)NC(=O)OCc1ccccc1. The van der Waals surface area contributed by atoms with Crippen molar-refractivity contribution in [1.29, 1.82) is 0 Å². The average Bonchev–Trinajstić information content (AvgIpc) is 3.38. The van der Waals surface area contributed by atoms with Crippen LogP contribution in [0.4, 0.5) is 10.7 Å². The number of ether oxygens (including phenoxy) is 2. The van der Waals surface area contributed by atoms with Gasteiger partial charge in [0.05, 0.1) is 22.2 Å². The first-order valence-corrected chi connectivity index (χ1v) is 15.7. The van der Waals surface area contributed by atoms with Gasteiger partial charge in [-0.2, -0.15) is 0 Å². The number of para-hydroxylation sites is 1. The summed E-state index contributed by atoms with van der Waals surface area (Å²) in [6.45, 7) is 7.90. The van der Waals surface area contributed by atoms with E-state index < -0.39 is 23.6 Å². The second-order valence-corrected chi connectivity index (χ2v) is 12.6. The van der Waals surface area contributed by atoms with Crippen LogP contribution in [0.1, 0.15) is 83.6 Å². The van der Waals surface area contributed by atoms with Crippen molar-refractivity contribution in [1.82, 2.24) is 19.8 Å². The van der Waals surface area contributed by atoms with Gasteiger partial charge in [-0.25, -0.2) is 14.6 Å². The van der Waals surface area contributed by atoms with Gasteiger partial charge in [0.1, 0.15) is 12.2 Å². The minimum Gasteiger partial charge on any atom is -0.456 e. The summed E-state index contributed by atoms with van der Waals surface area (Å²) in [7, 11) is 3.36. The molecule has 0 saturated carbocycles. The molecular formula is C36H43N5O6. The van der Waals surface area contributed by atoms with Crippen molar-refractivity contribution in [3.8, 4) is 0 Å². The largest absolute Gasteiger partial charge is 0.456 e. The first-order chi connectivity index (χ1) is 22.3. The third-order valence-corrected chi connectivity index (χ3v) is 7.23. The number of imidazole rings is 1. The predicted octanol–water partition coefficient (Wildman–Crippen LogP) is 6.43. The lowest BCUT2D eigenvalue weighted by atomic mass is 10.1. The fraction of sp³-hybridized carbons (Fsp3) is 0.361. The number of hydrogen-bond acceptors (Lipinski definition) is 7. The van der Waals surface area contributed by atoms with Crippen LogP contribution in [0.3, 0.4) is 0 Å². The average molecular weight is 642 g/mol. The minimum atomic E-state index is -0.679. The second kappa shape index (κ2) is 15.4. The zero-order valence-electron chi connectivity index (χ0n) is 27.8. The zero-order chi connectivity index (χ0) is 34.1. The van der Waals surface area contributed by atoms with Gasteiger partial charge < -0.3 is 24.3 Å². The van der Waals surface area contributed by atoms with Crippen LogP contribution in [0.2, 0.25) is 0 Å². The van der Waals surface area contributed by atoms with Gasteiger partial charge in [-0.3, -0.25) is 14.9 Å². The Morgan fingerprint density at radius 2 is 1.62 bits per heavy atom. The van der Waals surface area contributed by atoms with Crippen LogP contribution in [-0.2, 0) is 22.6 Å². The molecule has 3 amide bonds. The van der Waals surface area contributed by atoms with Crippen molar-refractivity contribution in [3.05, 3.63) is 95.1 Å². The lowest BCUT2D eigenvalue weighted by Crippen LogP contribution is -2.32. The lowest BCUT2D eigenvalue weighted by Gasteiger charge is -2.19. The maximum atomic E-state index is 13.5. The summed E-state index contributed by atoms with van der Waals surface area (Å²) in [5.74, 6) is -0.896. The molecule has 1 aromatic heterocycles. The van der Waals surface area contributed by atoms with E-state index in [0.29, 0.717) is 36.0 Å². The van der Waals surface area contributed by atoms with Crippen LogP contribution >= 0.6 is 0 Å². The Morgan fingerprint density at radius 3 is 2.32 bits per heavy atom. The third kappa shape index (κ3) is 9.65.